The van der Waals surface area contributed by atoms with E-state index in [-0.39, 0.29) is 5.54 Å². The summed E-state index contributed by atoms with van der Waals surface area (Å²) in [6.07, 6.45) is -0.556. The molecule has 4 heteroatoms. The van der Waals surface area contributed by atoms with Crippen LogP contribution in [-0.2, 0) is 9.78 Å². The molecule has 0 aliphatic heterocycles. The summed E-state index contributed by atoms with van der Waals surface area (Å²) < 4.78 is 0. The van der Waals surface area contributed by atoms with E-state index in [1.54, 1.807) is 6.92 Å². The van der Waals surface area contributed by atoms with Crippen molar-refractivity contribution < 1.29 is 14.6 Å². The first-order valence-corrected chi connectivity index (χ1v) is 3.57. The molecule has 0 spiro atoms. The number of hydrogen-bond donors (Lipinski definition) is 1. The van der Waals surface area contributed by atoms with E-state index in [1.807, 2.05) is 20.8 Å². The van der Waals surface area contributed by atoms with Crippen molar-refractivity contribution in [1.82, 2.24) is 5.32 Å². The highest BCUT2D eigenvalue weighted by Crippen LogP contribution is 1.98. The molecule has 11 heavy (non-hydrogen) atoms. The van der Waals surface area contributed by atoms with Crippen LogP contribution < -0.4 is 5.32 Å². The second-order valence-corrected chi connectivity index (χ2v) is 3.15. The van der Waals surface area contributed by atoms with Gasteiger partial charge >= 0.3 is 6.09 Å². The van der Waals surface area contributed by atoms with Gasteiger partial charge in [-0.3, -0.25) is 4.89 Å². The molecule has 0 heterocycles. The fourth-order valence-corrected chi connectivity index (χ4v) is 0.439. The Balaban J connectivity index is 3.53. The van der Waals surface area contributed by atoms with Gasteiger partial charge in [0, 0.05) is 5.54 Å². The standard InChI is InChI=1S/C7H15NO3/c1-5-10-11-6(9)8-7(2,3)4/h5H2,1-4H3,(H,8,9). The molecular formula is C7H15NO3. The second-order valence-electron chi connectivity index (χ2n) is 3.15. The zero-order valence-corrected chi connectivity index (χ0v) is 7.43. The molecule has 0 rings (SSSR count). The van der Waals surface area contributed by atoms with Crippen LogP contribution in [0.5, 0.6) is 0 Å². The minimum absolute atomic E-state index is 0.284. The van der Waals surface area contributed by atoms with Crippen molar-refractivity contribution in [2.45, 2.75) is 33.2 Å². The van der Waals surface area contributed by atoms with E-state index in [0.29, 0.717) is 6.61 Å². The van der Waals surface area contributed by atoms with Crippen LogP contribution in [0.4, 0.5) is 4.79 Å². The molecule has 0 radical (unpaired) electrons. The fraction of sp³-hybridized carbons (Fsp3) is 0.857. The second kappa shape index (κ2) is 4.18. The van der Waals surface area contributed by atoms with Gasteiger partial charge in [0.25, 0.3) is 0 Å². The van der Waals surface area contributed by atoms with E-state index in [2.05, 4.69) is 15.1 Å². The molecule has 1 amide bonds. The van der Waals surface area contributed by atoms with Crippen LogP contribution in [0.2, 0.25) is 0 Å². The lowest BCUT2D eigenvalue weighted by atomic mass is 10.1. The molecule has 0 saturated carbocycles. The van der Waals surface area contributed by atoms with Crippen molar-refractivity contribution in [3.05, 3.63) is 0 Å². The van der Waals surface area contributed by atoms with Crippen molar-refractivity contribution in [1.29, 1.82) is 0 Å². The highest BCUT2D eigenvalue weighted by atomic mass is 17.2. The van der Waals surface area contributed by atoms with Gasteiger partial charge in [-0.15, -0.1) is 0 Å². The largest absolute Gasteiger partial charge is 0.439 e. The Morgan fingerprint density at radius 2 is 2.00 bits per heavy atom. The summed E-state index contributed by atoms with van der Waals surface area (Å²) in [6.45, 7) is 7.68. The van der Waals surface area contributed by atoms with Gasteiger partial charge in [0.1, 0.15) is 0 Å². The number of amides is 1. The first-order chi connectivity index (χ1) is 4.95. The van der Waals surface area contributed by atoms with Gasteiger partial charge in [0.15, 0.2) is 0 Å². The summed E-state index contributed by atoms with van der Waals surface area (Å²) in [5.41, 5.74) is -0.284. The molecule has 0 saturated heterocycles. The summed E-state index contributed by atoms with van der Waals surface area (Å²) in [6, 6.07) is 0. The molecule has 0 aromatic rings. The predicted octanol–water partition coefficient (Wildman–Crippen LogP) is 1.46. The first kappa shape index (κ1) is 10.2. The van der Waals surface area contributed by atoms with Crippen molar-refractivity contribution in [2.24, 2.45) is 0 Å². The monoisotopic (exact) mass is 161 g/mol. The highest BCUT2D eigenvalue weighted by Gasteiger charge is 2.14. The molecule has 0 aliphatic rings. The predicted molar refractivity (Wildman–Crippen MR) is 41.0 cm³/mol. The number of carbonyl (C=O) groups excluding carboxylic acids is 1. The van der Waals surface area contributed by atoms with Gasteiger partial charge < -0.3 is 5.32 Å². The van der Waals surface area contributed by atoms with Crippen molar-refractivity contribution in [3.8, 4) is 0 Å². The van der Waals surface area contributed by atoms with Crippen molar-refractivity contribution >= 4 is 6.09 Å². The molecule has 0 bridgehead atoms. The third-order valence-electron chi connectivity index (χ3n) is 0.730. The maximum Gasteiger partial charge on any atom is 0.439 e. The molecular weight excluding hydrogens is 146 g/mol. The smallest absolute Gasteiger partial charge is 0.315 e. The van der Waals surface area contributed by atoms with Crippen LogP contribution in [0.1, 0.15) is 27.7 Å². The molecule has 4 nitrogen and oxygen atoms in total. The van der Waals surface area contributed by atoms with Crippen LogP contribution in [0, 0.1) is 0 Å². The number of hydrogen-bond acceptors (Lipinski definition) is 3. The average molecular weight is 161 g/mol. The maximum atomic E-state index is 10.8. The summed E-state index contributed by atoms with van der Waals surface area (Å²) in [5, 5.41) is 2.57. The number of nitrogens with one attached hydrogen (secondary N) is 1. The van der Waals surface area contributed by atoms with Crippen LogP contribution in [0.3, 0.4) is 0 Å². The van der Waals surface area contributed by atoms with Crippen LogP contribution in [-0.4, -0.2) is 18.2 Å². The molecule has 0 aromatic carbocycles. The minimum Gasteiger partial charge on any atom is -0.315 e. The van der Waals surface area contributed by atoms with E-state index < -0.39 is 6.09 Å². The van der Waals surface area contributed by atoms with Crippen molar-refractivity contribution in [3.63, 3.8) is 0 Å². The van der Waals surface area contributed by atoms with Gasteiger partial charge in [0.05, 0.1) is 6.61 Å². The molecule has 0 fully saturated rings. The third kappa shape index (κ3) is 7.12. The fourth-order valence-electron chi connectivity index (χ4n) is 0.439. The number of rotatable bonds is 2. The molecule has 0 unspecified atom stereocenters. The molecule has 66 valence electrons. The van der Waals surface area contributed by atoms with E-state index in [4.69, 9.17) is 0 Å². The van der Waals surface area contributed by atoms with E-state index in [1.165, 1.54) is 0 Å². The summed E-state index contributed by atoms with van der Waals surface area (Å²) in [4.78, 5) is 19.5. The number of carbonyl (C=O) groups is 1. The molecule has 0 atom stereocenters. The summed E-state index contributed by atoms with van der Waals surface area (Å²) in [5.74, 6) is 0. The lowest BCUT2D eigenvalue weighted by molar-refractivity contribution is -0.235. The minimum atomic E-state index is -0.556. The topological polar surface area (TPSA) is 47.6 Å². The van der Waals surface area contributed by atoms with Crippen LogP contribution >= 0.6 is 0 Å². The van der Waals surface area contributed by atoms with Gasteiger partial charge in [-0.2, -0.15) is 4.89 Å². The Hall–Kier alpha value is -0.770. The van der Waals surface area contributed by atoms with Crippen LogP contribution in [0.25, 0.3) is 0 Å². The summed E-state index contributed by atoms with van der Waals surface area (Å²) >= 11 is 0. The Kier molecular flexibility index (Phi) is 3.89. The van der Waals surface area contributed by atoms with Crippen molar-refractivity contribution in [2.75, 3.05) is 6.61 Å². The Bertz CT molecular complexity index is 128. The lowest BCUT2D eigenvalue weighted by Crippen LogP contribution is -2.40. The molecule has 1 N–H and O–H groups in total. The first-order valence-electron chi connectivity index (χ1n) is 3.57. The quantitative estimate of drug-likeness (QED) is 0.492. The summed E-state index contributed by atoms with van der Waals surface area (Å²) in [7, 11) is 0. The zero-order chi connectivity index (χ0) is 8.91. The van der Waals surface area contributed by atoms with E-state index in [9.17, 15) is 4.79 Å². The third-order valence-corrected chi connectivity index (χ3v) is 0.730. The zero-order valence-electron chi connectivity index (χ0n) is 7.43. The lowest BCUT2D eigenvalue weighted by Gasteiger charge is -2.18. The molecule has 0 aromatic heterocycles. The highest BCUT2D eigenvalue weighted by molar-refractivity contribution is 5.67. The Morgan fingerprint density at radius 1 is 1.45 bits per heavy atom. The van der Waals surface area contributed by atoms with Gasteiger partial charge in [-0.1, -0.05) is 0 Å². The average Bonchev–Trinajstić information content (AvgIpc) is 1.79. The van der Waals surface area contributed by atoms with Gasteiger partial charge in [-0.05, 0) is 27.7 Å². The SMILES string of the molecule is CCOOC(=O)NC(C)(C)C. The normalized spacial score (nSPS) is 10.9. The van der Waals surface area contributed by atoms with E-state index in [0.717, 1.165) is 0 Å². The molecule has 0 aliphatic carbocycles. The van der Waals surface area contributed by atoms with Gasteiger partial charge in [-0.25, -0.2) is 4.79 Å². The van der Waals surface area contributed by atoms with Gasteiger partial charge in [0.2, 0.25) is 0 Å². The van der Waals surface area contributed by atoms with E-state index >= 15 is 0 Å². The Morgan fingerprint density at radius 3 is 2.36 bits per heavy atom. The van der Waals surface area contributed by atoms with Crippen LogP contribution in [0.15, 0.2) is 0 Å². The maximum absolute atomic E-state index is 10.8. The Labute approximate surface area is 66.8 Å².